The lowest BCUT2D eigenvalue weighted by Gasteiger charge is -2.42. The molecule has 4 atom stereocenters. The van der Waals surface area contributed by atoms with Crippen LogP contribution in [0.1, 0.15) is 59.3 Å². The number of rotatable bonds is 5. The SMILES string of the molecule is CCNC(C)CC(C)N1CCCC2CCCC21. The van der Waals surface area contributed by atoms with E-state index >= 15 is 0 Å². The minimum absolute atomic E-state index is 0.664. The Balaban J connectivity index is 1.87. The van der Waals surface area contributed by atoms with Crippen LogP contribution in [0.3, 0.4) is 0 Å². The number of hydrogen-bond donors (Lipinski definition) is 1. The summed E-state index contributed by atoms with van der Waals surface area (Å²) in [6.45, 7) is 9.42. The predicted molar refractivity (Wildman–Crippen MR) is 74.3 cm³/mol. The van der Waals surface area contributed by atoms with E-state index in [-0.39, 0.29) is 0 Å². The van der Waals surface area contributed by atoms with Gasteiger partial charge in [0.15, 0.2) is 0 Å². The van der Waals surface area contributed by atoms with Crippen molar-refractivity contribution in [2.24, 2.45) is 5.92 Å². The maximum absolute atomic E-state index is 3.55. The second-order valence-corrected chi connectivity index (χ2v) is 6.18. The molecule has 0 aromatic rings. The van der Waals surface area contributed by atoms with E-state index in [1.807, 2.05) is 0 Å². The standard InChI is InChI=1S/C15H30N2/c1-4-16-12(2)11-13(3)17-10-6-8-14-7-5-9-15(14)17/h12-16H,4-11H2,1-3H3. The highest BCUT2D eigenvalue weighted by atomic mass is 15.2. The van der Waals surface area contributed by atoms with Crippen molar-refractivity contribution in [3.8, 4) is 0 Å². The van der Waals surface area contributed by atoms with E-state index in [4.69, 9.17) is 0 Å². The van der Waals surface area contributed by atoms with Crippen LogP contribution in [0, 0.1) is 5.92 Å². The summed E-state index contributed by atoms with van der Waals surface area (Å²) >= 11 is 0. The summed E-state index contributed by atoms with van der Waals surface area (Å²) in [5.41, 5.74) is 0. The monoisotopic (exact) mass is 238 g/mol. The molecule has 0 amide bonds. The third-order valence-corrected chi connectivity index (χ3v) is 4.85. The molecule has 4 unspecified atom stereocenters. The fourth-order valence-corrected chi connectivity index (χ4v) is 4.12. The van der Waals surface area contributed by atoms with E-state index in [1.165, 1.54) is 45.1 Å². The molecule has 100 valence electrons. The average Bonchev–Trinajstić information content (AvgIpc) is 2.76. The first-order valence-corrected chi connectivity index (χ1v) is 7.71. The summed E-state index contributed by atoms with van der Waals surface area (Å²) in [7, 11) is 0. The van der Waals surface area contributed by atoms with Gasteiger partial charge >= 0.3 is 0 Å². The van der Waals surface area contributed by atoms with Crippen molar-refractivity contribution in [1.29, 1.82) is 0 Å². The minimum atomic E-state index is 0.664. The zero-order valence-corrected chi connectivity index (χ0v) is 11.9. The van der Waals surface area contributed by atoms with E-state index < -0.39 is 0 Å². The number of likely N-dealkylation sites (tertiary alicyclic amines) is 1. The molecule has 1 aliphatic carbocycles. The quantitative estimate of drug-likeness (QED) is 0.792. The molecular weight excluding hydrogens is 208 g/mol. The third-order valence-electron chi connectivity index (χ3n) is 4.85. The smallest absolute Gasteiger partial charge is 0.0126 e. The molecule has 2 heteroatoms. The van der Waals surface area contributed by atoms with Crippen molar-refractivity contribution in [2.45, 2.75) is 77.4 Å². The Bertz CT molecular complexity index is 229. The zero-order valence-electron chi connectivity index (χ0n) is 11.9. The molecule has 1 aliphatic heterocycles. The topological polar surface area (TPSA) is 15.3 Å². The Labute approximate surface area is 107 Å². The number of nitrogens with one attached hydrogen (secondary N) is 1. The molecule has 2 fully saturated rings. The van der Waals surface area contributed by atoms with Crippen molar-refractivity contribution in [2.75, 3.05) is 13.1 Å². The molecule has 0 aromatic heterocycles. The highest BCUT2D eigenvalue weighted by Crippen LogP contribution is 2.38. The summed E-state index contributed by atoms with van der Waals surface area (Å²) in [4.78, 5) is 2.83. The highest BCUT2D eigenvalue weighted by molar-refractivity contribution is 4.91. The third kappa shape index (κ3) is 3.23. The summed E-state index contributed by atoms with van der Waals surface area (Å²) in [5.74, 6) is 1.03. The van der Waals surface area contributed by atoms with Crippen LogP contribution in [-0.2, 0) is 0 Å². The molecule has 2 rings (SSSR count). The van der Waals surface area contributed by atoms with Crippen LogP contribution in [-0.4, -0.2) is 36.1 Å². The molecule has 17 heavy (non-hydrogen) atoms. The highest BCUT2D eigenvalue weighted by Gasteiger charge is 2.36. The normalized spacial score (nSPS) is 33.4. The summed E-state index contributed by atoms with van der Waals surface area (Å²) in [6.07, 6.45) is 8.66. The molecule has 0 bridgehead atoms. The van der Waals surface area contributed by atoms with Crippen LogP contribution in [0.25, 0.3) is 0 Å². The maximum atomic E-state index is 3.55. The molecule has 0 aromatic carbocycles. The summed E-state index contributed by atoms with van der Waals surface area (Å²) < 4.78 is 0. The molecule has 2 nitrogen and oxygen atoms in total. The maximum Gasteiger partial charge on any atom is 0.0126 e. The van der Waals surface area contributed by atoms with Crippen LogP contribution in [0.15, 0.2) is 0 Å². The lowest BCUT2D eigenvalue weighted by Crippen LogP contribution is -2.49. The van der Waals surface area contributed by atoms with E-state index in [0.29, 0.717) is 6.04 Å². The lowest BCUT2D eigenvalue weighted by molar-refractivity contribution is 0.0671. The van der Waals surface area contributed by atoms with Gasteiger partial charge in [0.05, 0.1) is 0 Å². The van der Waals surface area contributed by atoms with E-state index in [9.17, 15) is 0 Å². The van der Waals surface area contributed by atoms with E-state index in [2.05, 4.69) is 31.0 Å². The van der Waals surface area contributed by atoms with Crippen LogP contribution in [0.4, 0.5) is 0 Å². The van der Waals surface area contributed by atoms with Crippen LogP contribution in [0.5, 0.6) is 0 Å². The van der Waals surface area contributed by atoms with Gasteiger partial charge < -0.3 is 5.32 Å². The summed E-state index contributed by atoms with van der Waals surface area (Å²) in [5, 5.41) is 3.55. The Morgan fingerprint density at radius 1 is 1.18 bits per heavy atom. The van der Waals surface area contributed by atoms with Gasteiger partial charge in [-0.1, -0.05) is 13.3 Å². The number of nitrogens with zero attached hydrogens (tertiary/aromatic N) is 1. The first-order chi connectivity index (χ1) is 8.22. The molecule has 0 radical (unpaired) electrons. The number of hydrogen-bond acceptors (Lipinski definition) is 2. The first-order valence-electron chi connectivity index (χ1n) is 7.71. The minimum Gasteiger partial charge on any atom is -0.314 e. The van der Waals surface area contributed by atoms with E-state index in [1.54, 1.807) is 0 Å². The second-order valence-electron chi connectivity index (χ2n) is 6.18. The number of piperidine rings is 1. The van der Waals surface area contributed by atoms with Crippen LogP contribution >= 0.6 is 0 Å². The van der Waals surface area contributed by atoms with Gasteiger partial charge in [0.1, 0.15) is 0 Å². The molecule has 2 aliphatic rings. The number of fused-ring (bicyclic) bond motifs is 1. The van der Waals surface area contributed by atoms with Gasteiger partial charge in [0.25, 0.3) is 0 Å². The Morgan fingerprint density at radius 2 is 1.94 bits per heavy atom. The molecule has 0 spiro atoms. The Morgan fingerprint density at radius 3 is 2.71 bits per heavy atom. The molecule has 1 N–H and O–H groups in total. The zero-order chi connectivity index (χ0) is 12.3. The van der Waals surface area contributed by atoms with Crippen molar-refractivity contribution in [3.63, 3.8) is 0 Å². The lowest BCUT2D eigenvalue weighted by atomic mass is 9.90. The van der Waals surface area contributed by atoms with Crippen molar-refractivity contribution in [3.05, 3.63) is 0 Å². The largest absolute Gasteiger partial charge is 0.314 e. The van der Waals surface area contributed by atoms with Crippen LogP contribution < -0.4 is 5.32 Å². The van der Waals surface area contributed by atoms with Gasteiger partial charge in [-0.25, -0.2) is 0 Å². The van der Waals surface area contributed by atoms with Gasteiger partial charge in [0, 0.05) is 18.1 Å². The van der Waals surface area contributed by atoms with E-state index in [0.717, 1.165) is 24.5 Å². The van der Waals surface area contributed by atoms with Gasteiger partial charge in [-0.2, -0.15) is 0 Å². The summed E-state index contributed by atoms with van der Waals surface area (Å²) in [6, 6.07) is 2.35. The van der Waals surface area contributed by atoms with Crippen molar-refractivity contribution < 1.29 is 0 Å². The molecule has 1 saturated carbocycles. The first kappa shape index (κ1) is 13.4. The Kier molecular flexibility index (Phi) is 4.87. The van der Waals surface area contributed by atoms with Crippen LogP contribution in [0.2, 0.25) is 0 Å². The predicted octanol–water partition coefficient (Wildman–Crippen LogP) is 3.03. The van der Waals surface area contributed by atoms with Gasteiger partial charge in [-0.05, 0) is 65.0 Å². The molecule has 1 saturated heterocycles. The fourth-order valence-electron chi connectivity index (χ4n) is 4.12. The molecule has 1 heterocycles. The fraction of sp³-hybridized carbons (Fsp3) is 1.00. The molecular formula is C15H30N2. The van der Waals surface area contributed by atoms with Gasteiger partial charge in [0.2, 0.25) is 0 Å². The van der Waals surface area contributed by atoms with Gasteiger partial charge in [-0.3, -0.25) is 4.90 Å². The van der Waals surface area contributed by atoms with Crippen molar-refractivity contribution in [1.82, 2.24) is 10.2 Å². The van der Waals surface area contributed by atoms with Gasteiger partial charge in [-0.15, -0.1) is 0 Å². The Hall–Kier alpha value is -0.0800. The second kappa shape index (κ2) is 6.19. The van der Waals surface area contributed by atoms with Crippen molar-refractivity contribution >= 4 is 0 Å². The average molecular weight is 238 g/mol.